The van der Waals surface area contributed by atoms with Gasteiger partial charge in [0, 0.05) is 0 Å². The summed E-state index contributed by atoms with van der Waals surface area (Å²) in [5.74, 6) is -1.03. The van der Waals surface area contributed by atoms with E-state index >= 15 is 0 Å². The van der Waals surface area contributed by atoms with Crippen molar-refractivity contribution in [1.29, 1.82) is 0 Å². The van der Waals surface area contributed by atoms with Gasteiger partial charge in [0.1, 0.15) is 11.6 Å². The van der Waals surface area contributed by atoms with Crippen molar-refractivity contribution in [2.45, 2.75) is 45.0 Å². The maximum atomic E-state index is 11.8. The number of esters is 1. The normalized spacial score (nSPS) is 15.1. The molecule has 6 heteroatoms. The first kappa shape index (κ1) is 13.2. The van der Waals surface area contributed by atoms with Gasteiger partial charge in [-0.2, -0.15) is 13.2 Å². The Labute approximate surface area is 80.4 Å². The topological polar surface area (TPSA) is 52.3 Å². The lowest BCUT2D eigenvalue weighted by atomic mass is 10.1. The minimum atomic E-state index is -4.45. The van der Waals surface area contributed by atoms with Crippen LogP contribution in [-0.4, -0.2) is 23.8 Å². The number of alkyl halides is 3. The summed E-state index contributed by atoms with van der Waals surface area (Å²) in [6.07, 6.45) is -5.81. The van der Waals surface area contributed by atoms with Crippen molar-refractivity contribution in [2.75, 3.05) is 0 Å². The van der Waals surface area contributed by atoms with Crippen molar-refractivity contribution in [2.24, 2.45) is 5.73 Å². The Hall–Kier alpha value is -0.780. The van der Waals surface area contributed by atoms with E-state index in [-0.39, 0.29) is 0 Å². The Balaban J connectivity index is 4.15. The summed E-state index contributed by atoms with van der Waals surface area (Å²) in [6, 6.07) is -1.64. The fourth-order valence-corrected chi connectivity index (χ4v) is 0.710. The first-order valence-corrected chi connectivity index (χ1v) is 4.06. The summed E-state index contributed by atoms with van der Waals surface area (Å²) in [7, 11) is 0. The van der Waals surface area contributed by atoms with Crippen LogP contribution >= 0.6 is 0 Å². The van der Waals surface area contributed by atoms with Crippen LogP contribution in [0.4, 0.5) is 13.2 Å². The van der Waals surface area contributed by atoms with Crippen LogP contribution in [-0.2, 0) is 9.53 Å². The second kappa shape index (κ2) is 4.16. The van der Waals surface area contributed by atoms with Gasteiger partial charge < -0.3 is 10.5 Å². The molecule has 2 N–H and O–H groups in total. The summed E-state index contributed by atoms with van der Waals surface area (Å²) >= 11 is 0. The highest BCUT2D eigenvalue weighted by Gasteiger charge is 2.35. The van der Waals surface area contributed by atoms with E-state index in [0.29, 0.717) is 0 Å². The predicted octanol–water partition coefficient (Wildman–Crippen LogP) is 1.61. The number of carbonyl (C=O) groups excluding carboxylic acids is 1. The zero-order valence-electron chi connectivity index (χ0n) is 8.31. The highest BCUT2D eigenvalue weighted by Crippen LogP contribution is 2.21. The molecule has 0 aromatic carbocycles. The third kappa shape index (κ3) is 6.71. The number of ether oxygens (including phenoxy) is 1. The molecule has 0 amide bonds. The van der Waals surface area contributed by atoms with E-state index in [1.807, 2.05) is 0 Å². The number of hydrogen-bond donors (Lipinski definition) is 1. The van der Waals surface area contributed by atoms with Crippen molar-refractivity contribution in [3.63, 3.8) is 0 Å². The maximum Gasteiger partial charge on any atom is 0.391 e. The third-order valence-corrected chi connectivity index (χ3v) is 1.16. The molecule has 0 heterocycles. The number of carbonyl (C=O) groups is 1. The smallest absolute Gasteiger partial charge is 0.391 e. The van der Waals surface area contributed by atoms with Crippen LogP contribution in [0.1, 0.15) is 27.2 Å². The SMILES string of the molecule is CC(C)(C)OC(=O)[C@H](N)CC(F)(F)F. The van der Waals surface area contributed by atoms with Crippen LogP contribution in [0.25, 0.3) is 0 Å². The molecule has 1 atom stereocenters. The minimum Gasteiger partial charge on any atom is -0.459 e. The van der Waals surface area contributed by atoms with Gasteiger partial charge in [-0.25, -0.2) is 0 Å². The molecule has 0 aliphatic carbocycles. The van der Waals surface area contributed by atoms with E-state index in [9.17, 15) is 18.0 Å². The molecule has 0 saturated heterocycles. The molecule has 0 radical (unpaired) electrons. The zero-order valence-corrected chi connectivity index (χ0v) is 8.31. The van der Waals surface area contributed by atoms with Crippen molar-refractivity contribution < 1.29 is 22.7 Å². The molecular weight excluding hydrogens is 199 g/mol. The monoisotopic (exact) mass is 213 g/mol. The molecule has 0 saturated carbocycles. The first-order chi connectivity index (χ1) is 6.01. The fourth-order valence-electron chi connectivity index (χ4n) is 0.710. The Morgan fingerprint density at radius 2 is 1.79 bits per heavy atom. The molecule has 0 spiro atoms. The molecule has 0 fully saturated rings. The number of nitrogens with two attached hydrogens (primary N) is 1. The molecule has 0 bridgehead atoms. The van der Waals surface area contributed by atoms with E-state index in [1.165, 1.54) is 0 Å². The van der Waals surface area contributed by atoms with Crippen molar-refractivity contribution in [3.8, 4) is 0 Å². The summed E-state index contributed by atoms with van der Waals surface area (Å²) < 4.78 is 40.1. The Morgan fingerprint density at radius 1 is 1.36 bits per heavy atom. The second-order valence-corrected chi connectivity index (χ2v) is 3.96. The van der Waals surface area contributed by atoms with Gasteiger partial charge in [0.05, 0.1) is 6.42 Å². The molecule has 0 aliphatic heterocycles. The lowest BCUT2D eigenvalue weighted by molar-refractivity contribution is -0.168. The van der Waals surface area contributed by atoms with E-state index in [1.54, 1.807) is 20.8 Å². The molecular formula is C8H14F3NO2. The fraction of sp³-hybridized carbons (Fsp3) is 0.875. The lowest BCUT2D eigenvalue weighted by Gasteiger charge is -2.22. The Morgan fingerprint density at radius 3 is 2.07 bits per heavy atom. The molecule has 84 valence electrons. The second-order valence-electron chi connectivity index (χ2n) is 3.96. The lowest BCUT2D eigenvalue weighted by Crippen LogP contribution is -2.40. The molecule has 3 nitrogen and oxygen atoms in total. The third-order valence-electron chi connectivity index (χ3n) is 1.16. The van der Waals surface area contributed by atoms with E-state index < -0.39 is 30.2 Å². The van der Waals surface area contributed by atoms with Crippen LogP contribution in [0.15, 0.2) is 0 Å². The first-order valence-electron chi connectivity index (χ1n) is 4.06. The highest BCUT2D eigenvalue weighted by atomic mass is 19.4. The molecule has 14 heavy (non-hydrogen) atoms. The maximum absolute atomic E-state index is 11.8. The van der Waals surface area contributed by atoms with Crippen LogP contribution in [0.5, 0.6) is 0 Å². The average molecular weight is 213 g/mol. The van der Waals surface area contributed by atoms with Crippen molar-refractivity contribution >= 4 is 5.97 Å². The molecule has 0 aromatic rings. The van der Waals surface area contributed by atoms with Crippen LogP contribution < -0.4 is 5.73 Å². The molecule has 0 aromatic heterocycles. The van der Waals surface area contributed by atoms with Gasteiger partial charge in [-0.15, -0.1) is 0 Å². The molecule has 0 unspecified atom stereocenters. The van der Waals surface area contributed by atoms with Gasteiger partial charge in [-0.3, -0.25) is 4.79 Å². The number of rotatable bonds is 2. The highest BCUT2D eigenvalue weighted by molar-refractivity contribution is 5.75. The van der Waals surface area contributed by atoms with Gasteiger partial charge in [-0.1, -0.05) is 0 Å². The van der Waals surface area contributed by atoms with Crippen LogP contribution in [0.3, 0.4) is 0 Å². The number of hydrogen-bond acceptors (Lipinski definition) is 3. The van der Waals surface area contributed by atoms with Gasteiger partial charge >= 0.3 is 12.1 Å². The zero-order chi connectivity index (χ0) is 11.6. The summed E-state index contributed by atoms with van der Waals surface area (Å²) in [5.41, 5.74) is 4.20. The van der Waals surface area contributed by atoms with E-state index in [0.717, 1.165) is 0 Å². The Bertz CT molecular complexity index is 208. The standard InChI is InChI=1S/C8H14F3NO2/c1-7(2,3)14-6(13)5(12)4-8(9,10)11/h5H,4,12H2,1-3H3/t5-/m1/s1. The summed E-state index contributed by atoms with van der Waals surface area (Å²) in [6.45, 7) is 4.68. The van der Waals surface area contributed by atoms with E-state index in [2.05, 4.69) is 4.74 Å². The summed E-state index contributed by atoms with van der Waals surface area (Å²) in [4.78, 5) is 11.0. The largest absolute Gasteiger partial charge is 0.459 e. The Kier molecular flexibility index (Phi) is 3.93. The van der Waals surface area contributed by atoms with Crippen LogP contribution in [0.2, 0.25) is 0 Å². The molecule has 0 rings (SSSR count). The summed E-state index contributed by atoms with van der Waals surface area (Å²) in [5, 5.41) is 0. The quantitative estimate of drug-likeness (QED) is 0.709. The minimum absolute atomic E-state index is 0.819. The van der Waals surface area contributed by atoms with Crippen molar-refractivity contribution in [3.05, 3.63) is 0 Å². The van der Waals surface area contributed by atoms with Gasteiger partial charge in [-0.05, 0) is 20.8 Å². The van der Waals surface area contributed by atoms with Crippen LogP contribution in [0, 0.1) is 0 Å². The average Bonchev–Trinajstić information content (AvgIpc) is 1.78. The number of halogens is 3. The van der Waals surface area contributed by atoms with E-state index in [4.69, 9.17) is 5.73 Å². The predicted molar refractivity (Wildman–Crippen MR) is 44.5 cm³/mol. The van der Waals surface area contributed by atoms with Gasteiger partial charge in [0.15, 0.2) is 0 Å². The van der Waals surface area contributed by atoms with Gasteiger partial charge in [0.25, 0.3) is 0 Å². The molecule has 0 aliphatic rings. The van der Waals surface area contributed by atoms with Gasteiger partial charge in [0.2, 0.25) is 0 Å². The van der Waals surface area contributed by atoms with Crippen molar-refractivity contribution in [1.82, 2.24) is 0 Å².